The topological polar surface area (TPSA) is 93.4 Å². The molecule has 16 heavy (non-hydrogen) atoms. The average Bonchev–Trinajstić information content (AvgIpc) is 2.64. The first-order valence-corrected chi connectivity index (χ1v) is 6.09. The molecule has 0 spiro atoms. The predicted octanol–water partition coefficient (Wildman–Crippen LogP) is 0.713. The normalized spacial score (nSPS) is 14.4. The molecule has 0 amide bonds. The zero-order valence-corrected chi connectivity index (χ0v) is 10.4. The van der Waals surface area contributed by atoms with Crippen molar-refractivity contribution in [3.05, 3.63) is 0 Å². The van der Waals surface area contributed by atoms with Crippen molar-refractivity contribution in [3.8, 4) is 6.07 Å². The summed E-state index contributed by atoms with van der Waals surface area (Å²) in [6, 6.07) is 2.09. The first kappa shape index (κ1) is 12.9. The molecule has 1 unspecified atom stereocenters. The second-order valence-electron chi connectivity index (χ2n) is 3.92. The molecule has 0 aliphatic rings. The Labute approximate surface area is 99.2 Å². The van der Waals surface area contributed by atoms with E-state index in [-0.39, 0.29) is 0 Å². The Hall–Kier alpha value is -1.13. The Morgan fingerprint density at radius 1 is 1.56 bits per heavy atom. The molecule has 0 bridgehead atoms. The van der Waals surface area contributed by atoms with Gasteiger partial charge in [0.2, 0.25) is 5.16 Å². The van der Waals surface area contributed by atoms with Crippen LogP contribution in [-0.4, -0.2) is 31.5 Å². The minimum Gasteiger partial charge on any atom is -0.314 e. The van der Waals surface area contributed by atoms with Crippen LogP contribution >= 0.6 is 11.8 Å². The van der Waals surface area contributed by atoms with Gasteiger partial charge in [-0.1, -0.05) is 11.8 Å². The quantitative estimate of drug-likeness (QED) is 0.581. The molecule has 2 N–H and O–H groups in total. The summed E-state index contributed by atoms with van der Waals surface area (Å²) in [5.41, 5.74) is 5.02. The van der Waals surface area contributed by atoms with Gasteiger partial charge in [-0.15, -0.1) is 5.10 Å². The monoisotopic (exact) mass is 240 g/mol. The summed E-state index contributed by atoms with van der Waals surface area (Å²) in [7, 11) is 1.81. The van der Waals surface area contributed by atoms with Crippen LogP contribution in [0.3, 0.4) is 0 Å². The van der Waals surface area contributed by atoms with Crippen LogP contribution in [0.25, 0.3) is 0 Å². The zero-order valence-electron chi connectivity index (χ0n) is 9.55. The second-order valence-corrected chi connectivity index (χ2v) is 4.98. The van der Waals surface area contributed by atoms with E-state index in [4.69, 9.17) is 11.0 Å². The van der Waals surface area contributed by atoms with Gasteiger partial charge in [0.25, 0.3) is 0 Å². The van der Waals surface area contributed by atoms with Crippen LogP contribution in [0.15, 0.2) is 5.16 Å². The zero-order chi connectivity index (χ0) is 12.0. The molecular formula is C9H16N6S. The molecule has 1 heterocycles. The first-order chi connectivity index (χ1) is 7.55. The minimum absolute atomic E-state index is 0.697. The highest BCUT2D eigenvalue weighted by molar-refractivity contribution is 7.99. The number of hydrogen-bond donors (Lipinski definition) is 1. The van der Waals surface area contributed by atoms with Crippen molar-refractivity contribution in [2.75, 3.05) is 5.75 Å². The smallest absolute Gasteiger partial charge is 0.209 e. The number of aryl methyl sites for hydroxylation is 1. The molecule has 0 radical (unpaired) electrons. The van der Waals surface area contributed by atoms with E-state index in [0.29, 0.717) is 0 Å². The van der Waals surface area contributed by atoms with Crippen LogP contribution in [0.1, 0.15) is 26.2 Å². The number of unbranched alkanes of at least 4 members (excludes halogenated alkanes) is 1. The van der Waals surface area contributed by atoms with Gasteiger partial charge in [-0.05, 0) is 36.6 Å². The van der Waals surface area contributed by atoms with Gasteiger partial charge >= 0.3 is 0 Å². The Balaban J connectivity index is 2.14. The van der Waals surface area contributed by atoms with E-state index < -0.39 is 5.54 Å². The van der Waals surface area contributed by atoms with Crippen molar-refractivity contribution in [1.29, 1.82) is 5.26 Å². The molecule has 0 aromatic carbocycles. The Kier molecular flexibility index (Phi) is 4.71. The predicted molar refractivity (Wildman–Crippen MR) is 61.6 cm³/mol. The number of hydrogen-bond acceptors (Lipinski definition) is 6. The summed E-state index contributed by atoms with van der Waals surface area (Å²) < 4.78 is 1.65. The largest absolute Gasteiger partial charge is 0.314 e. The average molecular weight is 240 g/mol. The highest BCUT2D eigenvalue weighted by Crippen LogP contribution is 2.16. The van der Waals surface area contributed by atoms with Crippen molar-refractivity contribution in [3.63, 3.8) is 0 Å². The molecule has 0 fully saturated rings. The van der Waals surface area contributed by atoms with Gasteiger partial charge in [-0.2, -0.15) is 5.26 Å². The molecule has 1 atom stereocenters. The van der Waals surface area contributed by atoms with Crippen LogP contribution in [0.2, 0.25) is 0 Å². The third-order valence-corrected chi connectivity index (χ3v) is 3.26. The van der Waals surface area contributed by atoms with Crippen LogP contribution in [0.4, 0.5) is 0 Å². The van der Waals surface area contributed by atoms with Crippen LogP contribution in [0, 0.1) is 11.3 Å². The van der Waals surface area contributed by atoms with Gasteiger partial charge in [0.15, 0.2) is 0 Å². The molecule has 0 aliphatic carbocycles. The molecule has 7 heteroatoms. The van der Waals surface area contributed by atoms with Gasteiger partial charge in [-0.3, -0.25) is 0 Å². The third-order valence-electron chi connectivity index (χ3n) is 2.16. The van der Waals surface area contributed by atoms with Crippen molar-refractivity contribution < 1.29 is 0 Å². The maximum absolute atomic E-state index is 8.73. The van der Waals surface area contributed by atoms with E-state index in [1.54, 1.807) is 23.4 Å². The molecule has 0 saturated heterocycles. The van der Waals surface area contributed by atoms with Gasteiger partial charge in [0, 0.05) is 12.8 Å². The maximum atomic E-state index is 8.73. The van der Waals surface area contributed by atoms with Crippen LogP contribution in [0.5, 0.6) is 0 Å². The lowest BCUT2D eigenvalue weighted by Gasteiger charge is -2.13. The fourth-order valence-corrected chi connectivity index (χ4v) is 2.01. The molecule has 1 aromatic rings. The third kappa shape index (κ3) is 4.16. The number of nitrogens with two attached hydrogens (primary N) is 1. The summed E-state index contributed by atoms with van der Waals surface area (Å²) >= 11 is 1.62. The molecule has 1 rings (SSSR count). The SMILES string of the molecule is Cn1nnnc1SCCCCC(C)(N)C#N. The standard InChI is InChI=1S/C9H16N6S/c1-9(11,7-10)5-3-4-6-16-8-12-13-14-15(8)2/h3-6,11H2,1-2H3. The lowest BCUT2D eigenvalue weighted by molar-refractivity contribution is 0.518. The van der Waals surface area contributed by atoms with E-state index in [1.807, 2.05) is 7.05 Å². The summed E-state index contributed by atoms with van der Waals surface area (Å²) in [5.74, 6) is 0.940. The maximum Gasteiger partial charge on any atom is 0.209 e. The van der Waals surface area contributed by atoms with Crippen LogP contribution < -0.4 is 5.73 Å². The number of aromatic nitrogens is 4. The highest BCUT2D eigenvalue weighted by Gasteiger charge is 2.15. The van der Waals surface area contributed by atoms with E-state index in [2.05, 4.69) is 21.6 Å². The van der Waals surface area contributed by atoms with Crippen molar-refractivity contribution in [2.45, 2.75) is 36.9 Å². The first-order valence-electron chi connectivity index (χ1n) is 5.10. The Morgan fingerprint density at radius 3 is 2.88 bits per heavy atom. The van der Waals surface area contributed by atoms with Crippen molar-refractivity contribution in [1.82, 2.24) is 20.2 Å². The number of nitrogens with zero attached hydrogens (tertiary/aromatic N) is 5. The molecule has 1 aromatic heterocycles. The van der Waals surface area contributed by atoms with Gasteiger partial charge in [-0.25, -0.2) is 4.68 Å². The van der Waals surface area contributed by atoms with Crippen molar-refractivity contribution >= 4 is 11.8 Å². The van der Waals surface area contributed by atoms with E-state index >= 15 is 0 Å². The molecular weight excluding hydrogens is 224 g/mol. The van der Waals surface area contributed by atoms with Gasteiger partial charge in [0.05, 0.1) is 6.07 Å². The fourth-order valence-electron chi connectivity index (χ4n) is 1.16. The number of rotatable bonds is 6. The number of nitriles is 1. The van der Waals surface area contributed by atoms with Crippen molar-refractivity contribution in [2.24, 2.45) is 12.8 Å². The number of tetrazole rings is 1. The lowest BCUT2D eigenvalue weighted by atomic mass is 9.99. The van der Waals surface area contributed by atoms with Gasteiger partial charge in [0.1, 0.15) is 5.54 Å². The fraction of sp³-hybridized carbons (Fsp3) is 0.778. The Morgan fingerprint density at radius 2 is 2.31 bits per heavy atom. The van der Waals surface area contributed by atoms with E-state index in [0.717, 1.165) is 30.2 Å². The van der Waals surface area contributed by atoms with Crippen LogP contribution in [-0.2, 0) is 7.05 Å². The lowest BCUT2D eigenvalue weighted by Crippen LogP contribution is -2.33. The number of thioether (sulfide) groups is 1. The summed E-state index contributed by atoms with van der Waals surface area (Å²) in [4.78, 5) is 0. The van der Waals surface area contributed by atoms with E-state index in [1.165, 1.54) is 0 Å². The molecule has 88 valence electrons. The van der Waals surface area contributed by atoms with E-state index in [9.17, 15) is 0 Å². The van der Waals surface area contributed by atoms with Gasteiger partial charge < -0.3 is 5.73 Å². The molecule has 0 saturated carbocycles. The summed E-state index contributed by atoms with van der Waals surface area (Å²) in [6.07, 6.45) is 2.67. The second kappa shape index (κ2) is 5.82. The minimum atomic E-state index is -0.697. The molecule has 0 aliphatic heterocycles. The Bertz CT molecular complexity index is 366. The molecule has 6 nitrogen and oxygen atoms in total. The summed E-state index contributed by atoms with van der Waals surface area (Å²) in [6.45, 7) is 1.76. The highest BCUT2D eigenvalue weighted by atomic mass is 32.2. The summed E-state index contributed by atoms with van der Waals surface area (Å²) in [5, 5.41) is 20.7.